The van der Waals surface area contributed by atoms with Gasteiger partial charge in [0.2, 0.25) is 5.91 Å². The third kappa shape index (κ3) is 3.60. The van der Waals surface area contributed by atoms with Crippen molar-refractivity contribution in [2.75, 3.05) is 19.6 Å². The normalized spacial score (nSPS) is 22.9. The summed E-state index contributed by atoms with van der Waals surface area (Å²) in [5.74, 6) is -1.84. The van der Waals surface area contributed by atoms with Crippen LogP contribution in [0.2, 0.25) is 0 Å². The number of aromatic nitrogens is 1. The first-order valence-electron chi connectivity index (χ1n) is 10.8. The first kappa shape index (κ1) is 20.1. The summed E-state index contributed by atoms with van der Waals surface area (Å²) >= 11 is 1.65. The molecule has 3 aliphatic rings. The number of carbonyl (C=O) groups excluding carboxylic acids is 4. The van der Waals surface area contributed by atoms with Crippen molar-refractivity contribution < 1.29 is 19.2 Å². The van der Waals surface area contributed by atoms with Gasteiger partial charge in [-0.3, -0.25) is 19.3 Å². The minimum atomic E-state index is -0.884. The van der Waals surface area contributed by atoms with Gasteiger partial charge in [-0.1, -0.05) is 25.0 Å². The smallest absolute Gasteiger partial charge is 0.334 e. The molecular weight excluding hydrogens is 416 g/mol. The predicted molar refractivity (Wildman–Crippen MR) is 114 cm³/mol. The monoisotopic (exact) mass is 440 g/mol. The van der Waals surface area contributed by atoms with Crippen molar-refractivity contribution in [1.82, 2.24) is 19.7 Å². The molecule has 5 amide bonds. The minimum Gasteiger partial charge on any atom is -0.340 e. The molecule has 9 heteroatoms. The number of likely N-dealkylation sites (tertiary alicyclic amines) is 1. The number of piperidine rings is 1. The summed E-state index contributed by atoms with van der Waals surface area (Å²) in [6.45, 7) is 0.713. The molecule has 0 bridgehead atoms. The van der Waals surface area contributed by atoms with Gasteiger partial charge in [0.15, 0.2) is 0 Å². The zero-order valence-corrected chi connectivity index (χ0v) is 18.0. The molecule has 162 valence electrons. The maximum Gasteiger partial charge on any atom is 0.334 e. The Hall–Kier alpha value is -2.81. The van der Waals surface area contributed by atoms with E-state index >= 15 is 0 Å². The van der Waals surface area contributed by atoms with Crippen molar-refractivity contribution in [3.8, 4) is 0 Å². The second-order valence-electron chi connectivity index (χ2n) is 8.49. The highest BCUT2D eigenvalue weighted by Crippen LogP contribution is 2.33. The van der Waals surface area contributed by atoms with Gasteiger partial charge < -0.3 is 4.90 Å². The molecule has 0 radical (unpaired) electrons. The number of fused-ring (bicyclic) bond motifs is 1. The molecule has 5 rings (SSSR count). The lowest BCUT2D eigenvalue weighted by Crippen LogP contribution is -2.47. The van der Waals surface area contributed by atoms with Crippen LogP contribution < -0.4 is 0 Å². The first-order valence-corrected chi connectivity index (χ1v) is 11.7. The van der Waals surface area contributed by atoms with Gasteiger partial charge in [-0.05, 0) is 37.8 Å². The summed E-state index contributed by atoms with van der Waals surface area (Å²) < 4.78 is 1.12. The zero-order valence-electron chi connectivity index (χ0n) is 17.2. The third-order valence-electron chi connectivity index (χ3n) is 6.50. The van der Waals surface area contributed by atoms with Gasteiger partial charge in [0, 0.05) is 25.0 Å². The molecule has 1 aromatic heterocycles. The van der Waals surface area contributed by atoms with E-state index in [4.69, 9.17) is 4.98 Å². The molecule has 1 aromatic carbocycles. The highest BCUT2D eigenvalue weighted by Gasteiger charge is 2.49. The van der Waals surface area contributed by atoms with Gasteiger partial charge in [0.1, 0.15) is 6.54 Å². The topological polar surface area (TPSA) is 90.9 Å². The van der Waals surface area contributed by atoms with Crippen molar-refractivity contribution in [2.24, 2.45) is 0 Å². The second kappa shape index (κ2) is 8.03. The summed E-state index contributed by atoms with van der Waals surface area (Å²) in [5, 5.41) is 1.01. The Morgan fingerprint density at radius 1 is 1.03 bits per heavy atom. The van der Waals surface area contributed by atoms with Crippen LogP contribution in [0.3, 0.4) is 0 Å². The standard InChI is InChI=1S/C22H24N4O4S/c27-18(13-25-20(28)21(29)26(22(25)30)15-7-1-2-8-15)24-11-5-6-14(12-24)19-23-16-9-3-4-10-17(16)31-19/h3-4,9-10,14-15H,1-2,5-8,11-13H2/t14-/m0/s1. The van der Waals surface area contributed by atoms with E-state index in [1.54, 1.807) is 16.2 Å². The number of imide groups is 2. The maximum absolute atomic E-state index is 13.0. The highest BCUT2D eigenvalue weighted by molar-refractivity contribution is 7.18. The van der Waals surface area contributed by atoms with Gasteiger partial charge in [-0.15, -0.1) is 11.3 Å². The van der Waals surface area contributed by atoms with E-state index in [1.165, 1.54) is 0 Å². The number of rotatable bonds is 4. The molecule has 3 heterocycles. The van der Waals surface area contributed by atoms with E-state index in [0.29, 0.717) is 13.1 Å². The number of urea groups is 1. The van der Waals surface area contributed by atoms with E-state index < -0.39 is 17.8 Å². The largest absolute Gasteiger partial charge is 0.340 e. The Bertz CT molecular complexity index is 1030. The average molecular weight is 441 g/mol. The fourth-order valence-electron chi connectivity index (χ4n) is 4.85. The maximum atomic E-state index is 13.0. The third-order valence-corrected chi connectivity index (χ3v) is 7.70. The van der Waals surface area contributed by atoms with Crippen LogP contribution in [0.1, 0.15) is 49.5 Å². The minimum absolute atomic E-state index is 0.136. The number of nitrogens with zero attached hydrogens (tertiary/aromatic N) is 4. The molecule has 1 saturated carbocycles. The van der Waals surface area contributed by atoms with Crippen LogP contribution in [0, 0.1) is 0 Å². The molecule has 1 atom stereocenters. The molecular formula is C22H24N4O4S. The van der Waals surface area contributed by atoms with Crippen molar-refractivity contribution in [2.45, 2.75) is 50.5 Å². The molecule has 0 unspecified atom stereocenters. The lowest BCUT2D eigenvalue weighted by atomic mass is 9.98. The van der Waals surface area contributed by atoms with Crippen molar-refractivity contribution >= 4 is 45.3 Å². The molecule has 0 spiro atoms. The Balaban J connectivity index is 1.27. The Labute approximate surface area is 183 Å². The fraction of sp³-hybridized carbons (Fsp3) is 0.500. The summed E-state index contributed by atoms with van der Waals surface area (Å²) in [4.78, 5) is 58.8. The molecule has 2 saturated heterocycles. The molecule has 0 N–H and O–H groups in total. The summed E-state index contributed by atoms with van der Waals surface area (Å²) in [6.07, 6.45) is 5.11. The number of amides is 5. The molecule has 2 aliphatic heterocycles. The van der Waals surface area contributed by atoms with E-state index in [1.807, 2.05) is 24.3 Å². The van der Waals surface area contributed by atoms with E-state index in [-0.39, 0.29) is 24.4 Å². The van der Waals surface area contributed by atoms with Crippen LogP contribution in [0.4, 0.5) is 4.79 Å². The van der Waals surface area contributed by atoms with Crippen molar-refractivity contribution in [1.29, 1.82) is 0 Å². The lowest BCUT2D eigenvalue weighted by Gasteiger charge is -2.32. The van der Waals surface area contributed by atoms with Crippen molar-refractivity contribution in [3.05, 3.63) is 29.3 Å². The number of hydrogen-bond donors (Lipinski definition) is 0. The van der Waals surface area contributed by atoms with Crippen LogP contribution >= 0.6 is 11.3 Å². The van der Waals surface area contributed by atoms with Crippen LogP contribution in [0.15, 0.2) is 24.3 Å². The Kier molecular flexibility index (Phi) is 5.21. The molecule has 8 nitrogen and oxygen atoms in total. The number of hydrogen-bond acceptors (Lipinski definition) is 6. The van der Waals surface area contributed by atoms with Gasteiger partial charge >= 0.3 is 17.8 Å². The van der Waals surface area contributed by atoms with Crippen molar-refractivity contribution in [3.63, 3.8) is 0 Å². The highest BCUT2D eigenvalue weighted by atomic mass is 32.1. The second-order valence-corrected chi connectivity index (χ2v) is 9.55. The quantitative estimate of drug-likeness (QED) is 0.539. The summed E-state index contributed by atoms with van der Waals surface area (Å²) in [6, 6.07) is 7.11. The fourth-order valence-corrected chi connectivity index (χ4v) is 5.94. The average Bonchev–Trinajstić information content (AvgIpc) is 3.50. The number of thiazole rings is 1. The zero-order chi connectivity index (χ0) is 21.5. The molecule has 2 aromatic rings. The van der Waals surface area contributed by atoms with Crippen LogP contribution in [0.5, 0.6) is 0 Å². The van der Waals surface area contributed by atoms with Gasteiger partial charge in [-0.2, -0.15) is 0 Å². The molecule has 1 aliphatic carbocycles. The van der Waals surface area contributed by atoms with Crippen LogP contribution in [-0.2, 0) is 14.4 Å². The van der Waals surface area contributed by atoms with Crippen LogP contribution in [-0.4, -0.2) is 69.1 Å². The SMILES string of the molecule is O=C(CN1C(=O)C(=O)N(C2CCCC2)C1=O)N1CCC[C@H](c2nc3ccccc3s2)C1. The van der Waals surface area contributed by atoms with E-state index in [9.17, 15) is 19.2 Å². The summed E-state index contributed by atoms with van der Waals surface area (Å²) in [7, 11) is 0. The van der Waals surface area contributed by atoms with Gasteiger partial charge in [-0.25, -0.2) is 14.7 Å². The lowest BCUT2D eigenvalue weighted by molar-refractivity contribution is -0.145. The molecule has 31 heavy (non-hydrogen) atoms. The first-order chi connectivity index (χ1) is 15.0. The number of para-hydroxylation sites is 1. The molecule has 3 fully saturated rings. The number of benzene rings is 1. The van der Waals surface area contributed by atoms with E-state index in [2.05, 4.69) is 0 Å². The van der Waals surface area contributed by atoms with Gasteiger partial charge in [0.05, 0.1) is 15.2 Å². The Morgan fingerprint density at radius 3 is 2.58 bits per heavy atom. The van der Waals surface area contributed by atoms with E-state index in [0.717, 1.165) is 63.5 Å². The summed E-state index contributed by atoms with van der Waals surface area (Å²) in [5.41, 5.74) is 0.963. The van der Waals surface area contributed by atoms with Gasteiger partial charge in [0.25, 0.3) is 0 Å². The Morgan fingerprint density at radius 2 is 1.81 bits per heavy atom. The number of carbonyl (C=O) groups is 4. The van der Waals surface area contributed by atoms with Crippen LogP contribution in [0.25, 0.3) is 10.2 Å². The predicted octanol–water partition coefficient (Wildman–Crippen LogP) is 2.74.